The van der Waals surface area contributed by atoms with Crippen LogP contribution < -0.4 is 10.6 Å². The molecule has 0 aliphatic rings. The second-order valence-electron chi connectivity index (χ2n) is 4.89. The molecule has 3 N–H and O–H groups in total. The molecule has 0 radical (unpaired) electrons. The van der Waals surface area contributed by atoms with Gasteiger partial charge in [0, 0.05) is 19.6 Å². The van der Waals surface area contributed by atoms with E-state index in [1.165, 1.54) is 12.1 Å². The third kappa shape index (κ3) is 4.77. The second-order valence-corrected chi connectivity index (χ2v) is 4.89. The van der Waals surface area contributed by atoms with Gasteiger partial charge in [-0.1, -0.05) is 19.9 Å². The zero-order valence-corrected chi connectivity index (χ0v) is 11.9. The van der Waals surface area contributed by atoms with Crippen molar-refractivity contribution in [3.63, 3.8) is 0 Å². The number of benzene rings is 1. The van der Waals surface area contributed by atoms with E-state index in [0.717, 1.165) is 5.56 Å². The molecule has 1 aromatic rings. The lowest BCUT2D eigenvalue weighted by Crippen LogP contribution is -2.43. The van der Waals surface area contributed by atoms with Crippen LogP contribution in [0.1, 0.15) is 26.3 Å². The first kappa shape index (κ1) is 15.3. The smallest absolute Gasteiger partial charge is 0.191 e. The van der Waals surface area contributed by atoms with Crippen molar-refractivity contribution in [1.82, 2.24) is 10.6 Å². The first-order chi connectivity index (χ1) is 8.93. The van der Waals surface area contributed by atoms with Gasteiger partial charge in [0.2, 0.25) is 0 Å². The summed E-state index contributed by atoms with van der Waals surface area (Å²) in [7, 11) is 1.69. The number of guanidine groups is 1. The van der Waals surface area contributed by atoms with Crippen LogP contribution in [0.15, 0.2) is 23.2 Å². The van der Waals surface area contributed by atoms with Crippen molar-refractivity contribution < 1.29 is 9.50 Å². The van der Waals surface area contributed by atoms with Gasteiger partial charge in [-0.05, 0) is 30.5 Å². The highest BCUT2D eigenvalue weighted by atomic mass is 19.1. The van der Waals surface area contributed by atoms with E-state index in [4.69, 9.17) is 5.11 Å². The number of aromatic hydroxyl groups is 1. The van der Waals surface area contributed by atoms with Crippen LogP contribution in [0.2, 0.25) is 0 Å². The lowest BCUT2D eigenvalue weighted by atomic mass is 10.1. The maximum Gasteiger partial charge on any atom is 0.191 e. The van der Waals surface area contributed by atoms with Gasteiger partial charge in [-0.25, -0.2) is 4.39 Å². The minimum absolute atomic E-state index is 0.294. The normalized spacial score (nSPS) is 13.5. The molecule has 4 nitrogen and oxygen atoms in total. The molecule has 1 aromatic carbocycles. The fourth-order valence-electron chi connectivity index (χ4n) is 1.42. The Morgan fingerprint density at radius 2 is 2.05 bits per heavy atom. The largest absolute Gasteiger partial charge is 0.505 e. The average Bonchev–Trinajstić information content (AvgIpc) is 2.37. The van der Waals surface area contributed by atoms with Gasteiger partial charge in [0.05, 0.1) is 0 Å². The van der Waals surface area contributed by atoms with Gasteiger partial charge in [-0.2, -0.15) is 0 Å². The van der Waals surface area contributed by atoms with Crippen LogP contribution in [0.5, 0.6) is 5.75 Å². The van der Waals surface area contributed by atoms with Crippen molar-refractivity contribution in [2.45, 2.75) is 33.4 Å². The second kappa shape index (κ2) is 6.97. The van der Waals surface area contributed by atoms with Gasteiger partial charge in [0.15, 0.2) is 17.5 Å². The molecular weight excluding hydrogens is 245 g/mol. The van der Waals surface area contributed by atoms with Gasteiger partial charge >= 0.3 is 0 Å². The van der Waals surface area contributed by atoms with Crippen molar-refractivity contribution in [2.75, 3.05) is 7.05 Å². The van der Waals surface area contributed by atoms with E-state index >= 15 is 0 Å². The number of nitrogens with one attached hydrogen (secondary N) is 2. The molecule has 0 aliphatic carbocycles. The van der Waals surface area contributed by atoms with E-state index in [-0.39, 0.29) is 5.75 Å². The van der Waals surface area contributed by atoms with Gasteiger partial charge in [0.1, 0.15) is 0 Å². The SMILES string of the molecule is CN=C(NCc1ccc(O)c(F)c1)NC(C)C(C)C. The van der Waals surface area contributed by atoms with Crippen LogP contribution in [0.4, 0.5) is 4.39 Å². The Labute approximate surface area is 113 Å². The van der Waals surface area contributed by atoms with Gasteiger partial charge in [-0.3, -0.25) is 4.99 Å². The highest BCUT2D eigenvalue weighted by Crippen LogP contribution is 2.15. The highest BCUT2D eigenvalue weighted by molar-refractivity contribution is 5.79. The molecule has 0 aliphatic heterocycles. The molecule has 0 saturated carbocycles. The summed E-state index contributed by atoms with van der Waals surface area (Å²) in [5.41, 5.74) is 0.746. The predicted molar refractivity (Wildman–Crippen MR) is 75.7 cm³/mol. The summed E-state index contributed by atoms with van der Waals surface area (Å²) >= 11 is 0. The minimum Gasteiger partial charge on any atom is -0.505 e. The van der Waals surface area contributed by atoms with E-state index in [1.54, 1.807) is 13.1 Å². The van der Waals surface area contributed by atoms with Gasteiger partial charge in [-0.15, -0.1) is 0 Å². The van der Waals surface area contributed by atoms with E-state index in [2.05, 4.69) is 36.4 Å². The summed E-state index contributed by atoms with van der Waals surface area (Å²) in [5, 5.41) is 15.5. The van der Waals surface area contributed by atoms with Crippen molar-refractivity contribution in [3.8, 4) is 5.75 Å². The third-order valence-corrected chi connectivity index (χ3v) is 3.06. The monoisotopic (exact) mass is 267 g/mol. The van der Waals surface area contributed by atoms with E-state index in [0.29, 0.717) is 24.5 Å². The van der Waals surface area contributed by atoms with Crippen molar-refractivity contribution >= 4 is 5.96 Å². The van der Waals surface area contributed by atoms with Gasteiger partial charge in [0.25, 0.3) is 0 Å². The zero-order valence-electron chi connectivity index (χ0n) is 11.9. The van der Waals surface area contributed by atoms with Crippen LogP contribution in [0, 0.1) is 11.7 Å². The molecule has 5 heteroatoms. The molecule has 0 amide bonds. The zero-order chi connectivity index (χ0) is 14.4. The molecule has 1 rings (SSSR count). The van der Waals surface area contributed by atoms with Crippen LogP contribution in [0.3, 0.4) is 0 Å². The molecule has 0 aromatic heterocycles. The molecule has 0 fully saturated rings. The molecule has 19 heavy (non-hydrogen) atoms. The van der Waals surface area contributed by atoms with Crippen LogP contribution in [0.25, 0.3) is 0 Å². The Morgan fingerprint density at radius 3 is 2.58 bits per heavy atom. The molecular formula is C14H22FN3O. The van der Waals surface area contributed by atoms with Gasteiger partial charge < -0.3 is 15.7 Å². The average molecular weight is 267 g/mol. The summed E-state index contributed by atoms with van der Waals surface area (Å²) in [4.78, 5) is 4.12. The Hall–Kier alpha value is -1.78. The maximum absolute atomic E-state index is 13.2. The molecule has 0 bridgehead atoms. The number of halogens is 1. The first-order valence-electron chi connectivity index (χ1n) is 6.38. The summed E-state index contributed by atoms with van der Waals surface area (Å²) in [6.45, 7) is 6.78. The molecule has 0 saturated heterocycles. The van der Waals surface area contributed by atoms with E-state index in [9.17, 15) is 4.39 Å². The number of aliphatic imine (C=N–C) groups is 1. The lowest BCUT2D eigenvalue weighted by molar-refractivity contribution is 0.431. The molecule has 106 valence electrons. The quantitative estimate of drug-likeness (QED) is 0.579. The fraction of sp³-hybridized carbons (Fsp3) is 0.500. The summed E-state index contributed by atoms with van der Waals surface area (Å²) in [6.07, 6.45) is 0. The number of phenolic OH excluding ortho intramolecular Hbond substituents is 1. The molecule has 1 unspecified atom stereocenters. The Balaban J connectivity index is 2.56. The Bertz CT molecular complexity index is 446. The predicted octanol–water partition coefficient (Wildman–Crippen LogP) is 2.24. The first-order valence-corrected chi connectivity index (χ1v) is 6.38. The van der Waals surface area contributed by atoms with Crippen LogP contribution in [-0.2, 0) is 6.54 Å². The standard InChI is InChI=1S/C14H22FN3O/c1-9(2)10(3)18-14(16-4)17-8-11-5-6-13(19)12(15)7-11/h5-7,9-10,19H,8H2,1-4H3,(H2,16,17,18). The highest BCUT2D eigenvalue weighted by Gasteiger charge is 2.09. The summed E-state index contributed by atoms with van der Waals surface area (Å²) < 4.78 is 13.2. The third-order valence-electron chi connectivity index (χ3n) is 3.06. The van der Waals surface area contributed by atoms with E-state index < -0.39 is 5.82 Å². The number of rotatable bonds is 4. The number of nitrogens with zero attached hydrogens (tertiary/aromatic N) is 1. The summed E-state index contributed by atoms with van der Waals surface area (Å²) in [5.74, 6) is 0.219. The number of phenols is 1. The Kier molecular flexibility index (Phi) is 5.60. The maximum atomic E-state index is 13.2. The number of hydrogen-bond acceptors (Lipinski definition) is 2. The molecule has 0 heterocycles. The van der Waals surface area contributed by atoms with Crippen LogP contribution in [-0.4, -0.2) is 24.2 Å². The fourth-order valence-corrected chi connectivity index (χ4v) is 1.42. The van der Waals surface area contributed by atoms with E-state index in [1.807, 2.05) is 0 Å². The van der Waals surface area contributed by atoms with Crippen molar-refractivity contribution in [1.29, 1.82) is 0 Å². The minimum atomic E-state index is -0.613. The molecule has 1 atom stereocenters. The topological polar surface area (TPSA) is 56.7 Å². The van der Waals surface area contributed by atoms with Crippen molar-refractivity contribution in [2.24, 2.45) is 10.9 Å². The molecule has 0 spiro atoms. The summed E-state index contributed by atoms with van der Waals surface area (Å²) in [6, 6.07) is 4.62. The number of hydrogen-bond donors (Lipinski definition) is 3. The van der Waals surface area contributed by atoms with Crippen LogP contribution >= 0.6 is 0 Å². The Morgan fingerprint density at radius 1 is 1.37 bits per heavy atom. The lowest BCUT2D eigenvalue weighted by Gasteiger charge is -2.20. The van der Waals surface area contributed by atoms with Crippen molar-refractivity contribution in [3.05, 3.63) is 29.6 Å².